The molecule has 0 aliphatic carbocycles. The topological polar surface area (TPSA) is 192 Å². The van der Waals surface area contributed by atoms with Crippen molar-refractivity contribution in [2.45, 2.75) is 98.5 Å². The van der Waals surface area contributed by atoms with Gasteiger partial charge >= 0.3 is 5.97 Å². The molecule has 6 aromatic rings. The van der Waals surface area contributed by atoms with Crippen molar-refractivity contribution in [2.75, 3.05) is 6.54 Å². The molecular weight excluding hydrogens is 880 g/mol. The van der Waals surface area contributed by atoms with Crippen molar-refractivity contribution >= 4 is 52.1 Å². The summed E-state index contributed by atoms with van der Waals surface area (Å²) in [6.07, 6.45) is -1.24. The average Bonchev–Trinajstić information content (AvgIpc) is 4.04. The van der Waals surface area contributed by atoms with E-state index in [4.69, 9.17) is 4.99 Å². The SMILES string of the molecule is Cc1ncsc1-c1ccc([C@H](C)NC(=O)[C@@H]2C[C@@H](O)CN2C(=O)[C@@H](NC(=O)c2cc(-c3ccc(C4=N[C@@H](CC(=O)O)c5nnc(C)n5-c5sc(C)c(C)c54)cc3)ccc2F)C(C)(C)C)cc1. The molecule has 66 heavy (non-hydrogen) atoms. The number of aliphatic carboxylic acids is 1. The van der Waals surface area contributed by atoms with Gasteiger partial charge in [-0.3, -0.25) is 28.7 Å². The monoisotopic (exact) mass is 930 g/mol. The van der Waals surface area contributed by atoms with E-state index < -0.39 is 65.2 Å². The van der Waals surface area contributed by atoms with Crippen LogP contribution in [0.3, 0.4) is 0 Å². The molecule has 5 atom stereocenters. The van der Waals surface area contributed by atoms with E-state index in [1.807, 2.05) is 87.7 Å². The van der Waals surface area contributed by atoms with Gasteiger partial charge in [0, 0.05) is 29.0 Å². The third kappa shape index (κ3) is 8.94. The zero-order chi connectivity index (χ0) is 47.4. The molecule has 3 amide bonds. The molecule has 14 nitrogen and oxygen atoms in total. The summed E-state index contributed by atoms with van der Waals surface area (Å²) in [7, 11) is 0. The molecule has 2 aliphatic heterocycles. The Kier molecular flexibility index (Phi) is 12.6. The van der Waals surface area contributed by atoms with Crippen LogP contribution in [0.2, 0.25) is 0 Å². The highest BCUT2D eigenvalue weighted by Crippen LogP contribution is 2.40. The van der Waals surface area contributed by atoms with Crippen LogP contribution in [0.1, 0.15) is 107 Å². The van der Waals surface area contributed by atoms with Gasteiger partial charge in [0.15, 0.2) is 5.82 Å². The lowest BCUT2D eigenvalue weighted by Crippen LogP contribution is -2.58. The molecular formula is C49H51FN8O6S2. The average molecular weight is 931 g/mol. The van der Waals surface area contributed by atoms with E-state index in [0.29, 0.717) is 28.5 Å². The van der Waals surface area contributed by atoms with Gasteiger partial charge in [-0.2, -0.15) is 0 Å². The number of rotatable bonds is 11. The summed E-state index contributed by atoms with van der Waals surface area (Å²) < 4.78 is 17.5. The van der Waals surface area contributed by atoms with Gasteiger partial charge in [-0.1, -0.05) is 75.4 Å². The molecule has 4 N–H and O–H groups in total. The van der Waals surface area contributed by atoms with Crippen LogP contribution in [0, 0.1) is 38.9 Å². The molecule has 342 valence electrons. The maximum absolute atomic E-state index is 15.6. The molecule has 1 fully saturated rings. The number of β-amino-alcohol motifs (C(OH)–C–C–N with tert-alkyl or cyclic N) is 1. The first kappa shape index (κ1) is 46.1. The van der Waals surface area contributed by atoms with Crippen LogP contribution in [0.4, 0.5) is 4.39 Å². The number of carboxylic acids is 1. The predicted octanol–water partition coefficient (Wildman–Crippen LogP) is 7.84. The summed E-state index contributed by atoms with van der Waals surface area (Å²) in [6.45, 7) is 14.8. The summed E-state index contributed by atoms with van der Waals surface area (Å²) in [6, 6.07) is 16.0. The third-order valence-corrected chi connectivity index (χ3v) is 14.5. The van der Waals surface area contributed by atoms with Gasteiger partial charge in [0.25, 0.3) is 5.91 Å². The lowest BCUT2D eigenvalue weighted by molar-refractivity contribution is -0.142. The molecule has 0 saturated carbocycles. The van der Waals surface area contributed by atoms with Gasteiger partial charge in [0.2, 0.25) is 11.8 Å². The number of hydrogen-bond donors (Lipinski definition) is 4. The number of aromatic nitrogens is 4. The number of fused-ring (bicyclic) bond motifs is 3. The predicted molar refractivity (Wildman–Crippen MR) is 252 cm³/mol. The van der Waals surface area contributed by atoms with Crippen molar-refractivity contribution in [1.29, 1.82) is 0 Å². The van der Waals surface area contributed by atoms with Crippen molar-refractivity contribution in [1.82, 2.24) is 35.3 Å². The van der Waals surface area contributed by atoms with Crippen LogP contribution in [-0.4, -0.2) is 89.0 Å². The Hall–Kier alpha value is -6.43. The summed E-state index contributed by atoms with van der Waals surface area (Å²) in [5.74, 6) is -2.57. The number of benzene rings is 3. The molecule has 8 rings (SSSR count). The highest BCUT2D eigenvalue weighted by atomic mass is 32.1. The Morgan fingerprint density at radius 1 is 0.909 bits per heavy atom. The van der Waals surface area contributed by atoms with Crippen molar-refractivity contribution in [2.24, 2.45) is 10.4 Å². The first-order valence-electron chi connectivity index (χ1n) is 21.6. The second-order valence-corrected chi connectivity index (χ2v) is 20.1. The maximum Gasteiger partial charge on any atom is 0.306 e. The minimum atomic E-state index is -1.19. The lowest BCUT2D eigenvalue weighted by Gasteiger charge is -2.35. The number of nitrogens with zero attached hydrogens (tertiary/aromatic N) is 6. The van der Waals surface area contributed by atoms with Gasteiger partial charge in [-0.25, -0.2) is 9.37 Å². The van der Waals surface area contributed by atoms with Crippen LogP contribution in [-0.2, 0) is 14.4 Å². The van der Waals surface area contributed by atoms with Gasteiger partial charge in [-0.15, -0.1) is 32.9 Å². The maximum atomic E-state index is 15.6. The van der Waals surface area contributed by atoms with E-state index in [1.165, 1.54) is 17.0 Å². The molecule has 3 aromatic carbocycles. The van der Waals surface area contributed by atoms with Crippen molar-refractivity contribution in [3.8, 4) is 26.6 Å². The minimum absolute atomic E-state index is 0.0142. The van der Waals surface area contributed by atoms with Crippen molar-refractivity contribution in [3.05, 3.63) is 128 Å². The molecule has 5 heterocycles. The normalized spacial score (nSPS) is 17.9. The van der Waals surface area contributed by atoms with Gasteiger partial charge in [-0.05, 0) is 80.0 Å². The van der Waals surface area contributed by atoms with Crippen LogP contribution >= 0.6 is 22.7 Å². The molecule has 0 spiro atoms. The Labute approximate surface area is 389 Å². The number of halogens is 1. The quantitative estimate of drug-likeness (QED) is 0.100. The first-order chi connectivity index (χ1) is 31.3. The first-order valence-corrected chi connectivity index (χ1v) is 23.3. The molecule has 2 aliphatic rings. The number of aryl methyl sites for hydroxylation is 3. The Bertz CT molecular complexity index is 2900. The number of nitrogens with one attached hydrogen (secondary N) is 2. The fraction of sp³-hybridized carbons (Fsp3) is 0.347. The number of aliphatic imine (C=N–C) groups is 1. The largest absolute Gasteiger partial charge is 0.481 e. The third-order valence-electron chi connectivity index (χ3n) is 12.3. The number of aliphatic hydroxyl groups excluding tert-OH is 1. The van der Waals surface area contributed by atoms with Crippen LogP contribution in [0.15, 0.2) is 77.2 Å². The summed E-state index contributed by atoms with van der Waals surface area (Å²) in [5, 5.41) is 35.8. The Morgan fingerprint density at radius 3 is 2.23 bits per heavy atom. The van der Waals surface area contributed by atoms with Gasteiger partial charge in [0.05, 0.1) is 45.9 Å². The zero-order valence-electron chi connectivity index (χ0n) is 37.8. The number of hydrogen-bond acceptors (Lipinski definition) is 11. The van der Waals surface area contributed by atoms with E-state index in [0.717, 1.165) is 48.3 Å². The highest BCUT2D eigenvalue weighted by Gasteiger charge is 2.45. The van der Waals surface area contributed by atoms with Crippen molar-refractivity contribution in [3.63, 3.8) is 0 Å². The van der Waals surface area contributed by atoms with E-state index in [9.17, 15) is 29.4 Å². The molecule has 1 saturated heterocycles. The Balaban J connectivity index is 1.01. The molecule has 0 radical (unpaired) electrons. The Morgan fingerprint density at radius 2 is 1.58 bits per heavy atom. The number of likely N-dealkylation sites (tertiary alicyclic amines) is 1. The molecule has 17 heteroatoms. The summed E-state index contributed by atoms with van der Waals surface area (Å²) >= 11 is 3.11. The lowest BCUT2D eigenvalue weighted by atomic mass is 9.85. The number of thiazole rings is 1. The van der Waals surface area contributed by atoms with Crippen LogP contribution in [0.25, 0.3) is 26.6 Å². The number of amides is 3. The fourth-order valence-electron chi connectivity index (χ4n) is 8.61. The summed E-state index contributed by atoms with van der Waals surface area (Å²) in [4.78, 5) is 67.1. The number of thiophene rings is 1. The van der Waals surface area contributed by atoms with E-state index in [2.05, 4.69) is 25.8 Å². The smallest absolute Gasteiger partial charge is 0.306 e. The van der Waals surface area contributed by atoms with Gasteiger partial charge < -0.3 is 25.7 Å². The van der Waals surface area contributed by atoms with E-state index in [1.54, 1.807) is 55.0 Å². The standard InChI is InChI=1S/C49H51FN8O6S2/c1-24-27(4)66-48-40(24)41(53-37(21-39(60)61)44-56-55-28(5)58(44)48)31-13-11-30(12-14-31)33-17-18-36(50)35(19-33)45(62)54-43(49(6,7)8)47(64)57-22-34(59)20-38(57)46(63)52-25(2)29-9-15-32(16-10-29)42-26(3)51-23-65-42/h9-19,23,25,34,37-38,43,59H,20-22H2,1-8H3,(H,52,63)(H,54,62)(H,60,61)/t25-,34+,37-,38-,43+/m0/s1. The number of carboxylic acid groups (broad SMARTS) is 1. The van der Waals surface area contributed by atoms with Crippen LogP contribution in [0.5, 0.6) is 0 Å². The second-order valence-electron chi connectivity index (χ2n) is 18.1. The fourth-order valence-corrected chi connectivity index (χ4v) is 10.6. The zero-order valence-corrected chi connectivity index (χ0v) is 39.5. The molecule has 3 aromatic heterocycles. The summed E-state index contributed by atoms with van der Waals surface area (Å²) in [5.41, 5.74) is 7.85. The second kappa shape index (κ2) is 18.1. The highest BCUT2D eigenvalue weighted by molar-refractivity contribution is 7.15. The van der Waals surface area contributed by atoms with Crippen molar-refractivity contribution < 1.29 is 33.8 Å². The number of aliphatic hydroxyl groups is 1. The van der Waals surface area contributed by atoms with Gasteiger partial charge in [0.1, 0.15) is 34.8 Å². The molecule has 0 unspecified atom stereocenters. The van der Waals surface area contributed by atoms with E-state index in [-0.39, 0.29) is 24.9 Å². The molecule has 0 bridgehead atoms. The number of carbonyl (C=O) groups is 4. The van der Waals surface area contributed by atoms with Crippen LogP contribution < -0.4 is 10.6 Å². The van der Waals surface area contributed by atoms with E-state index >= 15 is 4.39 Å². The number of carbonyl (C=O) groups excluding carboxylic acids is 3. The minimum Gasteiger partial charge on any atom is -0.481 e.